The number of nitrogens with one attached hydrogen (secondary N) is 1. The van der Waals surface area contributed by atoms with Gasteiger partial charge >= 0.3 is 0 Å². The van der Waals surface area contributed by atoms with Crippen LogP contribution in [-0.4, -0.2) is 33.1 Å². The van der Waals surface area contributed by atoms with Crippen LogP contribution < -0.4 is 10.2 Å². The van der Waals surface area contributed by atoms with Crippen molar-refractivity contribution in [1.29, 1.82) is 0 Å². The van der Waals surface area contributed by atoms with Crippen molar-refractivity contribution < 1.29 is 9.59 Å². The maximum absolute atomic E-state index is 12.7. The van der Waals surface area contributed by atoms with Crippen LogP contribution in [0.15, 0.2) is 61.1 Å². The Hall–Kier alpha value is -3.48. The first-order valence-electron chi connectivity index (χ1n) is 10.7. The smallest absolute Gasteiger partial charge is 0.231 e. The summed E-state index contributed by atoms with van der Waals surface area (Å²) < 4.78 is 1.76. The Kier molecular flexibility index (Phi) is 6.40. The molecule has 1 saturated heterocycles. The van der Waals surface area contributed by atoms with Gasteiger partial charge in [0, 0.05) is 43.3 Å². The van der Waals surface area contributed by atoms with Crippen molar-refractivity contribution >= 4 is 23.3 Å². The Balaban J connectivity index is 1.34. The van der Waals surface area contributed by atoms with Gasteiger partial charge in [-0.05, 0) is 48.2 Å². The Bertz CT molecular complexity index is 1030. The van der Waals surface area contributed by atoms with Gasteiger partial charge in [-0.25, -0.2) is 0 Å². The fourth-order valence-electron chi connectivity index (χ4n) is 3.78. The Morgan fingerprint density at radius 1 is 1.10 bits per heavy atom. The van der Waals surface area contributed by atoms with E-state index in [-0.39, 0.29) is 18.2 Å². The summed E-state index contributed by atoms with van der Waals surface area (Å²) in [6.07, 6.45) is 8.87. The average molecular weight is 418 g/mol. The molecule has 1 aliphatic rings. The summed E-state index contributed by atoms with van der Waals surface area (Å²) in [5, 5.41) is 7.27. The summed E-state index contributed by atoms with van der Waals surface area (Å²) in [7, 11) is 0. The Morgan fingerprint density at radius 3 is 2.61 bits per heavy atom. The molecule has 1 aromatic carbocycles. The van der Waals surface area contributed by atoms with Gasteiger partial charge in [0.05, 0.1) is 12.5 Å². The number of rotatable bonds is 8. The summed E-state index contributed by atoms with van der Waals surface area (Å²) in [6.45, 7) is 3.16. The van der Waals surface area contributed by atoms with Gasteiger partial charge in [-0.3, -0.25) is 19.3 Å². The number of carbonyl (C=O) groups excluding carboxylic acids is 2. The zero-order chi connectivity index (χ0) is 21.6. The Labute approximate surface area is 182 Å². The van der Waals surface area contributed by atoms with Gasteiger partial charge in [0.25, 0.3) is 0 Å². The van der Waals surface area contributed by atoms with Crippen molar-refractivity contribution in [2.75, 3.05) is 16.8 Å². The van der Waals surface area contributed by atoms with E-state index in [4.69, 9.17) is 0 Å². The molecule has 3 heterocycles. The van der Waals surface area contributed by atoms with Gasteiger partial charge in [0.15, 0.2) is 5.82 Å². The highest BCUT2D eigenvalue weighted by Gasteiger charge is 2.35. The number of benzene rings is 1. The molecular formula is C24H27N5O2. The van der Waals surface area contributed by atoms with Crippen LogP contribution in [0.3, 0.4) is 0 Å². The first kappa shape index (κ1) is 20.8. The van der Waals surface area contributed by atoms with E-state index >= 15 is 0 Å². The number of aromatic nitrogens is 3. The molecule has 0 saturated carbocycles. The molecule has 160 valence electrons. The Morgan fingerprint density at radius 2 is 1.87 bits per heavy atom. The number of nitrogens with zero attached hydrogens (tertiary/aromatic N) is 4. The minimum atomic E-state index is -0.391. The summed E-state index contributed by atoms with van der Waals surface area (Å²) >= 11 is 0. The van der Waals surface area contributed by atoms with Crippen molar-refractivity contribution in [3.63, 3.8) is 0 Å². The molecule has 4 rings (SSSR count). The largest absolute Gasteiger partial charge is 0.312 e. The maximum atomic E-state index is 12.7. The topological polar surface area (TPSA) is 80.1 Å². The number of anilines is 2. The minimum absolute atomic E-state index is 0.0234. The maximum Gasteiger partial charge on any atom is 0.231 e. The molecule has 0 radical (unpaired) electrons. The minimum Gasteiger partial charge on any atom is -0.312 e. The van der Waals surface area contributed by atoms with Crippen molar-refractivity contribution in [2.45, 2.75) is 39.2 Å². The van der Waals surface area contributed by atoms with Crippen LogP contribution in [0.1, 0.15) is 37.3 Å². The molecule has 1 aliphatic heterocycles. The van der Waals surface area contributed by atoms with Gasteiger partial charge in [0.1, 0.15) is 0 Å². The number of hydrogen-bond donors (Lipinski definition) is 1. The summed E-state index contributed by atoms with van der Waals surface area (Å²) in [6, 6.07) is 13.7. The number of pyridine rings is 1. The van der Waals surface area contributed by atoms with Crippen molar-refractivity contribution in [3.05, 3.63) is 72.2 Å². The lowest BCUT2D eigenvalue weighted by atomic mass is 10.1. The zero-order valence-electron chi connectivity index (χ0n) is 17.7. The molecule has 1 atom stereocenters. The number of aryl methyl sites for hydroxylation is 1. The predicted octanol–water partition coefficient (Wildman–Crippen LogP) is 3.66. The molecule has 0 aliphatic carbocycles. The van der Waals surface area contributed by atoms with E-state index in [2.05, 4.69) is 34.5 Å². The summed E-state index contributed by atoms with van der Waals surface area (Å²) in [5.74, 6) is -0.0999. The quantitative estimate of drug-likeness (QED) is 0.607. The normalized spacial score (nSPS) is 16.0. The van der Waals surface area contributed by atoms with Crippen LogP contribution >= 0.6 is 0 Å². The first-order valence-corrected chi connectivity index (χ1v) is 10.7. The van der Waals surface area contributed by atoms with Crippen molar-refractivity contribution in [3.8, 4) is 0 Å². The highest BCUT2D eigenvalue weighted by molar-refractivity contribution is 6.03. The lowest BCUT2D eigenvalue weighted by Gasteiger charge is -2.17. The third kappa shape index (κ3) is 5.17. The highest BCUT2D eigenvalue weighted by Crippen LogP contribution is 2.26. The monoisotopic (exact) mass is 417 g/mol. The lowest BCUT2D eigenvalue weighted by molar-refractivity contribution is -0.122. The van der Waals surface area contributed by atoms with Gasteiger partial charge in [0.2, 0.25) is 11.8 Å². The lowest BCUT2D eigenvalue weighted by Crippen LogP contribution is -2.28. The number of amides is 2. The van der Waals surface area contributed by atoms with Gasteiger partial charge < -0.3 is 10.2 Å². The molecule has 1 N–H and O–H groups in total. The second-order valence-corrected chi connectivity index (χ2v) is 7.92. The van der Waals surface area contributed by atoms with E-state index in [0.29, 0.717) is 18.9 Å². The second-order valence-electron chi connectivity index (χ2n) is 7.92. The summed E-state index contributed by atoms with van der Waals surface area (Å²) in [4.78, 5) is 31.0. The number of hydrogen-bond acceptors (Lipinski definition) is 4. The zero-order valence-corrected chi connectivity index (χ0v) is 17.7. The molecule has 3 aromatic rings. The van der Waals surface area contributed by atoms with Gasteiger partial charge in [-0.15, -0.1) is 0 Å². The van der Waals surface area contributed by atoms with E-state index in [9.17, 15) is 9.59 Å². The van der Waals surface area contributed by atoms with Crippen LogP contribution in [0.2, 0.25) is 0 Å². The predicted molar refractivity (Wildman–Crippen MR) is 120 cm³/mol. The van der Waals surface area contributed by atoms with Crippen molar-refractivity contribution in [2.24, 2.45) is 5.92 Å². The fraction of sp³-hybridized carbons (Fsp3) is 0.333. The molecule has 1 unspecified atom stereocenters. The van der Waals surface area contributed by atoms with Gasteiger partial charge in [-0.2, -0.15) is 5.10 Å². The van der Waals surface area contributed by atoms with Crippen molar-refractivity contribution in [1.82, 2.24) is 14.8 Å². The standard InChI is InChI=1S/C24H27N5O2/c1-2-3-4-18-5-7-21(8-6-18)29-17-20(15-23(29)30)24(31)26-22-11-14-28(27-22)16-19-9-12-25-13-10-19/h5-14,20H,2-4,15-17H2,1H3,(H,26,27,31). The molecule has 1 fully saturated rings. The third-order valence-electron chi connectivity index (χ3n) is 5.55. The van der Waals surface area contributed by atoms with Crippen LogP contribution in [0.4, 0.5) is 11.5 Å². The molecule has 2 aromatic heterocycles. The first-order chi connectivity index (χ1) is 15.1. The van der Waals surface area contributed by atoms with E-state index in [1.165, 1.54) is 5.56 Å². The third-order valence-corrected chi connectivity index (χ3v) is 5.55. The van der Waals surface area contributed by atoms with E-state index in [0.717, 1.165) is 30.5 Å². The fourth-order valence-corrected chi connectivity index (χ4v) is 3.78. The SMILES string of the molecule is CCCCc1ccc(N2CC(C(=O)Nc3ccn(Cc4ccncc4)n3)CC2=O)cc1. The number of carbonyl (C=O) groups is 2. The molecular weight excluding hydrogens is 390 g/mol. The molecule has 31 heavy (non-hydrogen) atoms. The molecule has 2 amide bonds. The van der Waals surface area contributed by atoms with Crippen LogP contribution in [0.25, 0.3) is 0 Å². The highest BCUT2D eigenvalue weighted by atomic mass is 16.2. The average Bonchev–Trinajstić information content (AvgIpc) is 3.39. The molecule has 0 bridgehead atoms. The molecule has 7 heteroatoms. The molecule has 0 spiro atoms. The van der Waals surface area contributed by atoms with Gasteiger partial charge in [-0.1, -0.05) is 25.5 Å². The van der Waals surface area contributed by atoms with E-state index in [1.807, 2.05) is 30.5 Å². The van der Waals surface area contributed by atoms with E-state index in [1.54, 1.807) is 28.0 Å². The van der Waals surface area contributed by atoms with Crippen LogP contribution in [0, 0.1) is 5.92 Å². The van der Waals surface area contributed by atoms with E-state index < -0.39 is 5.92 Å². The van der Waals surface area contributed by atoms with Crippen LogP contribution in [-0.2, 0) is 22.6 Å². The number of unbranched alkanes of at least 4 members (excludes halogenated alkanes) is 1. The van der Waals surface area contributed by atoms with Crippen LogP contribution in [0.5, 0.6) is 0 Å². The molecule has 7 nitrogen and oxygen atoms in total. The summed E-state index contributed by atoms with van der Waals surface area (Å²) in [5.41, 5.74) is 3.20. The second kappa shape index (κ2) is 9.55.